The molecule has 2 heterocycles. The van der Waals surface area contributed by atoms with Crippen molar-refractivity contribution in [2.24, 2.45) is 0 Å². The second kappa shape index (κ2) is 3.25. The molecule has 0 saturated heterocycles. The van der Waals surface area contributed by atoms with Crippen molar-refractivity contribution in [2.75, 3.05) is 0 Å². The molecular weight excluding hydrogens is 271 g/mol. The number of aromatic nitrogens is 2. The maximum absolute atomic E-state index is 10.8. The van der Waals surface area contributed by atoms with E-state index in [1.165, 1.54) is 0 Å². The first kappa shape index (κ1) is 9.48. The van der Waals surface area contributed by atoms with Gasteiger partial charge >= 0.3 is 5.97 Å². The molecule has 2 aromatic heterocycles. The molecule has 4 nitrogen and oxygen atoms in total. The van der Waals surface area contributed by atoms with Gasteiger partial charge in [0.2, 0.25) is 0 Å². The zero-order valence-corrected chi connectivity index (χ0v) is 9.08. The summed E-state index contributed by atoms with van der Waals surface area (Å²) in [6.07, 6.45) is 1.69. The van der Waals surface area contributed by atoms with Crippen LogP contribution in [0.4, 0.5) is 0 Å². The van der Waals surface area contributed by atoms with Crippen molar-refractivity contribution in [1.29, 1.82) is 0 Å². The molecule has 0 fully saturated rings. The van der Waals surface area contributed by atoms with Gasteiger partial charge in [0.1, 0.15) is 4.60 Å². The van der Waals surface area contributed by atoms with E-state index in [-0.39, 0.29) is 5.69 Å². The summed E-state index contributed by atoms with van der Waals surface area (Å²) in [7, 11) is 0. The van der Waals surface area contributed by atoms with Crippen LogP contribution in [0.2, 0.25) is 5.02 Å². The lowest BCUT2D eigenvalue weighted by molar-refractivity contribution is 0.0690. The molecule has 0 unspecified atom stereocenters. The van der Waals surface area contributed by atoms with Gasteiger partial charge in [-0.15, -0.1) is 0 Å². The second-order valence-corrected chi connectivity index (χ2v) is 3.76. The van der Waals surface area contributed by atoms with E-state index in [2.05, 4.69) is 20.9 Å². The maximum atomic E-state index is 10.8. The number of halogens is 2. The van der Waals surface area contributed by atoms with Crippen LogP contribution in [0.25, 0.3) is 5.65 Å². The molecule has 0 aromatic carbocycles. The minimum atomic E-state index is -1.09. The molecule has 14 heavy (non-hydrogen) atoms. The van der Waals surface area contributed by atoms with Crippen LogP contribution in [-0.2, 0) is 0 Å². The van der Waals surface area contributed by atoms with Crippen molar-refractivity contribution in [1.82, 2.24) is 9.38 Å². The number of nitrogens with zero attached hydrogens (tertiary/aromatic N) is 2. The lowest BCUT2D eigenvalue weighted by Gasteiger charge is -1.94. The van der Waals surface area contributed by atoms with Crippen molar-refractivity contribution in [3.8, 4) is 0 Å². The maximum Gasteiger partial charge on any atom is 0.357 e. The van der Waals surface area contributed by atoms with Crippen molar-refractivity contribution < 1.29 is 9.90 Å². The van der Waals surface area contributed by atoms with E-state index in [4.69, 9.17) is 16.7 Å². The van der Waals surface area contributed by atoms with Gasteiger partial charge in [0.25, 0.3) is 0 Å². The molecule has 0 aliphatic rings. The zero-order chi connectivity index (χ0) is 10.3. The van der Waals surface area contributed by atoms with Crippen molar-refractivity contribution >= 4 is 39.1 Å². The number of hydrogen-bond acceptors (Lipinski definition) is 2. The van der Waals surface area contributed by atoms with Crippen LogP contribution in [0.5, 0.6) is 0 Å². The Bertz CT molecular complexity index is 523. The first-order chi connectivity index (χ1) is 6.61. The van der Waals surface area contributed by atoms with Crippen LogP contribution in [0.3, 0.4) is 0 Å². The topological polar surface area (TPSA) is 54.6 Å². The number of carboxylic acid groups (broad SMARTS) is 1. The largest absolute Gasteiger partial charge is 0.476 e. The average Bonchev–Trinajstić information content (AvgIpc) is 2.46. The van der Waals surface area contributed by atoms with Crippen molar-refractivity contribution in [3.63, 3.8) is 0 Å². The summed E-state index contributed by atoms with van der Waals surface area (Å²) >= 11 is 9.00. The number of hydrogen-bond donors (Lipinski definition) is 1. The number of carboxylic acids is 1. The molecule has 0 radical (unpaired) electrons. The smallest absolute Gasteiger partial charge is 0.357 e. The zero-order valence-electron chi connectivity index (χ0n) is 6.74. The fourth-order valence-electron chi connectivity index (χ4n) is 1.14. The molecule has 0 aliphatic carbocycles. The van der Waals surface area contributed by atoms with Gasteiger partial charge in [-0.05, 0) is 28.1 Å². The van der Waals surface area contributed by atoms with Gasteiger partial charge in [0, 0.05) is 6.20 Å². The molecular formula is C8H4BrClN2O2. The van der Waals surface area contributed by atoms with E-state index in [9.17, 15) is 4.79 Å². The summed E-state index contributed by atoms with van der Waals surface area (Å²) in [5.41, 5.74) is 0.386. The first-order valence-electron chi connectivity index (χ1n) is 3.66. The summed E-state index contributed by atoms with van der Waals surface area (Å²) in [5, 5.41) is 9.23. The summed E-state index contributed by atoms with van der Waals surface area (Å²) in [5.74, 6) is -1.09. The van der Waals surface area contributed by atoms with Crippen LogP contribution in [0, 0.1) is 0 Å². The molecule has 0 aliphatic heterocycles. The quantitative estimate of drug-likeness (QED) is 0.870. The summed E-state index contributed by atoms with van der Waals surface area (Å²) in [4.78, 5) is 14.6. The molecule has 0 spiro atoms. The van der Waals surface area contributed by atoms with Crippen molar-refractivity contribution in [3.05, 3.63) is 33.6 Å². The predicted molar refractivity (Wildman–Crippen MR) is 54.9 cm³/mol. The Morgan fingerprint density at radius 2 is 2.36 bits per heavy atom. The Hall–Kier alpha value is -1.07. The Kier molecular flexibility index (Phi) is 2.20. The van der Waals surface area contributed by atoms with Crippen LogP contribution >= 0.6 is 27.5 Å². The Morgan fingerprint density at radius 3 is 2.93 bits per heavy atom. The Morgan fingerprint density at radius 1 is 1.64 bits per heavy atom. The predicted octanol–water partition coefficient (Wildman–Crippen LogP) is 2.45. The molecule has 0 saturated carbocycles. The molecule has 0 bridgehead atoms. The lowest BCUT2D eigenvalue weighted by atomic mass is 10.5. The monoisotopic (exact) mass is 274 g/mol. The highest BCUT2D eigenvalue weighted by molar-refractivity contribution is 9.10. The van der Waals surface area contributed by atoms with Crippen molar-refractivity contribution in [2.45, 2.75) is 0 Å². The normalized spacial score (nSPS) is 10.7. The van der Waals surface area contributed by atoms with Crippen LogP contribution in [-0.4, -0.2) is 20.5 Å². The van der Waals surface area contributed by atoms with Gasteiger partial charge in [0.05, 0.1) is 5.02 Å². The van der Waals surface area contributed by atoms with Gasteiger partial charge in [0.15, 0.2) is 11.3 Å². The minimum absolute atomic E-state index is 0.0434. The molecule has 1 N–H and O–H groups in total. The fraction of sp³-hybridized carbons (Fsp3) is 0. The van der Waals surface area contributed by atoms with Crippen LogP contribution in [0.15, 0.2) is 22.9 Å². The number of fused-ring (bicyclic) bond motifs is 1. The van der Waals surface area contributed by atoms with Gasteiger partial charge in [-0.1, -0.05) is 11.6 Å². The third kappa shape index (κ3) is 1.29. The minimum Gasteiger partial charge on any atom is -0.476 e. The number of aromatic carboxylic acids is 1. The van der Waals surface area contributed by atoms with E-state index in [1.54, 1.807) is 22.7 Å². The molecule has 0 amide bonds. The Labute approximate surface area is 92.3 Å². The molecule has 2 aromatic rings. The molecule has 0 atom stereocenters. The van der Waals surface area contributed by atoms with Crippen LogP contribution < -0.4 is 0 Å². The lowest BCUT2D eigenvalue weighted by Crippen LogP contribution is -1.97. The van der Waals surface area contributed by atoms with Gasteiger partial charge in [-0.25, -0.2) is 9.78 Å². The summed E-state index contributed by atoms with van der Waals surface area (Å²) < 4.78 is 1.97. The van der Waals surface area contributed by atoms with Gasteiger partial charge in [-0.3, -0.25) is 4.40 Å². The summed E-state index contributed by atoms with van der Waals surface area (Å²) in [6.45, 7) is 0. The average molecular weight is 275 g/mol. The van der Waals surface area contributed by atoms with Gasteiger partial charge in [-0.2, -0.15) is 0 Å². The number of carbonyl (C=O) groups is 1. The highest BCUT2D eigenvalue weighted by atomic mass is 79.9. The fourth-order valence-corrected chi connectivity index (χ4v) is 1.89. The SMILES string of the molecule is O=C(O)c1nc2c(Cl)cccn2c1Br. The van der Waals surface area contributed by atoms with E-state index in [0.29, 0.717) is 15.3 Å². The number of pyridine rings is 1. The van der Waals surface area contributed by atoms with Gasteiger partial charge < -0.3 is 5.11 Å². The molecule has 6 heteroatoms. The van der Waals surface area contributed by atoms with E-state index in [0.717, 1.165) is 0 Å². The number of rotatable bonds is 1. The highest BCUT2D eigenvalue weighted by Crippen LogP contribution is 2.23. The third-order valence-corrected chi connectivity index (χ3v) is 2.80. The Balaban J connectivity index is 2.86. The van der Waals surface area contributed by atoms with Crippen LogP contribution in [0.1, 0.15) is 10.5 Å². The highest BCUT2D eigenvalue weighted by Gasteiger charge is 2.16. The summed E-state index contributed by atoms with van der Waals surface area (Å²) in [6, 6.07) is 3.37. The van der Waals surface area contributed by atoms with E-state index in [1.807, 2.05) is 0 Å². The molecule has 2 rings (SSSR count). The first-order valence-corrected chi connectivity index (χ1v) is 4.83. The standard InChI is InChI=1S/C8H4BrClN2O2/c9-6-5(8(13)14)11-7-4(10)2-1-3-12(6)7/h1-3H,(H,13,14). The number of imidazole rings is 1. The van der Waals surface area contributed by atoms with E-state index < -0.39 is 5.97 Å². The molecule has 72 valence electrons. The van der Waals surface area contributed by atoms with E-state index >= 15 is 0 Å². The second-order valence-electron chi connectivity index (χ2n) is 2.61. The third-order valence-electron chi connectivity index (χ3n) is 1.75.